The molecule has 0 bridgehead atoms. The highest BCUT2D eigenvalue weighted by Crippen LogP contribution is 2.30. The molecule has 1 unspecified atom stereocenters. The highest BCUT2D eigenvalue weighted by Gasteiger charge is 2.25. The molecule has 0 aliphatic heterocycles. The number of aromatic nitrogens is 8. The summed E-state index contributed by atoms with van der Waals surface area (Å²) in [7, 11) is 1.48. The number of ether oxygens (including phenoxy) is 1. The molecule has 3 heterocycles. The molecular weight excluding hydrogens is 532 g/mol. The van der Waals surface area contributed by atoms with Crippen LogP contribution in [0.4, 0.5) is 0 Å². The Kier molecular flexibility index (Phi) is 7.09. The largest absolute Gasteiger partial charge is 0.361 e. The molecule has 11 nitrogen and oxygen atoms in total. The molecule has 0 fully saturated rings. The lowest BCUT2D eigenvalue weighted by Crippen LogP contribution is -2.42. The van der Waals surface area contributed by atoms with E-state index in [9.17, 15) is 9.59 Å². The van der Waals surface area contributed by atoms with Crippen molar-refractivity contribution >= 4 is 11.2 Å². The molecule has 212 valence electrons. The topological polar surface area (TPSA) is 126 Å². The Balaban J connectivity index is 1.50. The first kappa shape index (κ1) is 27.0. The smallest absolute Gasteiger partial charge is 0.339 e. The SMILES string of the molecule is COC(C)n1c(=O)c2c(nc(C(C)C)n2Cc2ccc(-c3ccccc3-c3nn[nH]n3)cc2)n(-c2ccccc2)c1=O. The Morgan fingerprint density at radius 2 is 1.57 bits per heavy atom. The highest BCUT2D eigenvalue weighted by molar-refractivity contribution is 5.80. The summed E-state index contributed by atoms with van der Waals surface area (Å²) in [6, 6.07) is 25.2. The van der Waals surface area contributed by atoms with Gasteiger partial charge in [-0.3, -0.25) is 4.79 Å². The third-order valence-corrected chi connectivity index (χ3v) is 7.36. The van der Waals surface area contributed by atoms with Gasteiger partial charge in [-0.15, -0.1) is 10.2 Å². The number of fused-ring (bicyclic) bond motifs is 1. The number of hydrogen-bond donors (Lipinski definition) is 1. The Bertz CT molecular complexity index is 1970. The zero-order valence-corrected chi connectivity index (χ0v) is 23.7. The summed E-state index contributed by atoms with van der Waals surface area (Å²) in [6.45, 7) is 6.12. The minimum Gasteiger partial charge on any atom is -0.361 e. The monoisotopic (exact) mass is 562 g/mol. The summed E-state index contributed by atoms with van der Waals surface area (Å²) in [6.07, 6.45) is -0.770. The summed E-state index contributed by atoms with van der Waals surface area (Å²) in [5.74, 6) is 1.22. The van der Waals surface area contributed by atoms with E-state index < -0.39 is 17.5 Å². The van der Waals surface area contributed by atoms with E-state index in [0.717, 1.165) is 26.8 Å². The van der Waals surface area contributed by atoms with Gasteiger partial charge < -0.3 is 9.30 Å². The van der Waals surface area contributed by atoms with E-state index in [2.05, 4.69) is 20.6 Å². The van der Waals surface area contributed by atoms with Gasteiger partial charge in [0.05, 0.1) is 5.69 Å². The van der Waals surface area contributed by atoms with E-state index in [1.165, 1.54) is 11.7 Å². The summed E-state index contributed by atoms with van der Waals surface area (Å²) < 4.78 is 10.0. The molecule has 0 amide bonds. The van der Waals surface area contributed by atoms with Gasteiger partial charge in [-0.05, 0) is 41.0 Å². The number of hydrogen-bond acceptors (Lipinski definition) is 7. The van der Waals surface area contributed by atoms with Crippen LogP contribution in [0.15, 0.2) is 88.5 Å². The molecule has 11 heteroatoms. The summed E-state index contributed by atoms with van der Waals surface area (Å²) >= 11 is 0. The van der Waals surface area contributed by atoms with Crippen LogP contribution in [0.2, 0.25) is 0 Å². The van der Waals surface area contributed by atoms with Crippen LogP contribution in [-0.2, 0) is 11.3 Å². The first-order chi connectivity index (χ1) is 20.4. The molecule has 0 aliphatic carbocycles. The van der Waals surface area contributed by atoms with Crippen molar-refractivity contribution in [2.45, 2.75) is 39.5 Å². The van der Waals surface area contributed by atoms with Crippen LogP contribution in [0, 0.1) is 0 Å². The number of tetrazole rings is 1. The van der Waals surface area contributed by atoms with Gasteiger partial charge in [-0.25, -0.2) is 18.9 Å². The fourth-order valence-corrected chi connectivity index (χ4v) is 5.24. The van der Waals surface area contributed by atoms with Gasteiger partial charge in [0.25, 0.3) is 5.56 Å². The second kappa shape index (κ2) is 11.0. The van der Waals surface area contributed by atoms with Crippen LogP contribution < -0.4 is 11.2 Å². The van der Waals surface area contributed by atoms with Gasteiger partial charge in [0.2, 0.25) is 5.82 Å². The van der Waals surface area contributed by atoms with Crippen LogP contribution in [0.5, 0.6) is 0 Å². The van der Waals surface area contributed by atoms with E-state index in [-0.39, 0.29) is 5.92 Å². The molecule has 0 saturated heterocycles. The van der Waals surface area contributed by atoms with Crippen molar-refractivity contribution in [3.8, 4) is 28.2 Å². The fourth-order valence-electron chi connectivity index (χ4n) is 5.24. The van der Waals surface area contributed by atoms with Crippen LogP contribution in [0.3, 0.4) is 0 Å². The number of H-pyrrole nitrogens is 1. The highest BCUT2D eigenvalue weighted by atomic mass is 16.5. The molecule has 6 aromatic rings. The molecule has 3 aromatic heterocycles. The Morgan fingerprint density at radius 3 is 2.21 bits per heavy atom. The number of benzene rings is 3. The summed E-state index contributed by atoms with van der Waals surface area (Å²) in [5.41, 5.74) is 4.15. The van der Waals surface area contributed by atoms with Gasteiger partial charge >= 0.3 is 5.69 Å². The Labute approximate surface area is 241 Å². The fraction of sp³-hybridized carbons (Fsp3) is 0.226. The maximum atomic E-state index is 14.0. The van der Waals surface area contributed by atoms with Crippen molar-refractivity contribution in [1.29, 1.82) is 0 Å². The molecule has 3 aromatic carbocycles. The first-order valence-corrected chi connectivity index (χ1v) is 13.7. The third kappa shape index (κ3) is 4.63. The predicted molar refractivity (Wildman–Crippen MR) is 160 cm³/mol. The lowest BCUT2D eigenvalue weighted by Gasteiger charge is -2.17. The number of para-hydroxylation sites is 1. The number of aromatic amines is 1. The van der Waals surface area contributed by atoms with Crippen molar-refractivity contribution in [3.63, 3.8) is 0 Å². The van der Waals surface area contributed by atoms with E-state index in [4.69, 9.17) is 9.72 Å². The Morgan fingerprint density at radius 1 is 0.881 bits per heavy atom. The predicted octanol–water partition coefficient (Wildman–Crippen LogP) is 4.53. The van der Waals surface area contributed by atoms with E-state index >= 15 is 0 Å². The maximum Gasteiger partial charge on any atom is 0.339 e. The van der Waals surface area contributed by atoms with Crippen LogP contribution in [-0.4, -0.2) is 46.4 Å². The lowest BCUT2D eigenvalue weighted by atomic mass is 9.98. The third-order valence-electron chi connectivity index (χ3n) is 7.36. The Hall–Kier alpha value is -5.16. The van der Waals surface area contributed by atoms with Crippen molar-refractivity contribution in [3.05, 3.63) is 111 Å². The van der Waals surface area contributed by atoms with Gasteiger partial charge in [-0.1, -0.05) is 80.6 Å². The average Bonchev–Trinajstić information content (AvgIpc) is 3.67. The minimum atomic E-state index is -0.770. The first-order valence-electron chi connectivity index (χ1n) is 13.7. The average molecular weight is 563 g/mol. The van der Waals surface area contributed by atoms with Crippen molar-refractivity contribution in [1.82, 2.24) is 39.3 Å². The van der Waals surface area contributed by atoms with Gasteiger partial charge in [0.15, 0.2) is 11.2 Å². The van der Waals surface area contributed by atoms with Crippen molar-refractivity contribution < 1.29 is 4.74 Å². The number of imidazole rings is 1. The van der Waals surface area contributed by atoms with E-state index in [0.29, 0.717) is 35.0 Å². The molecule has 1 atom stereocenters. The van der Waals surface area contributed by atoms with Crippen molar-refractivity contribution in [2.24, 2.45) is 0 Å². The number of nitrogens with one attached hydrogen (secondary N) is 1. The zero-order valence-electron chi connectivity index (χ0n) is 23.7. The quantitative estimate of drug-likeness (QED) is 0.289. The van der Waals surface area contributed by atoms with Crippen molar-refractivity contribution in [2.75, 3.05) is 7.11 Å². The molecule has 0 saturated carbocycles. The molecule has 1 N–H and O–H groups in total. The number of methoxy groups -OCH3 is 1. The number of nitrogens with zero attached hydrogens (tertiary/aromatic N) is 7. The van der Waals surface area contributed by atoms with Crippen LogP contribution in [0.1, 0.15) is 44.3 Å². The molecule has 6 rings (SSSR count). The standard InChI is InChI=1S/C31H30N8O3/c1-19(2)28-32-29-26(30(40)38(20(3)42-4)31(41)39(29)23-10-6-5-7-11-23)37(28)18-21-14-16-22(17-15-21)24-12-8-9-13-25(24)27-33-35-36-34-27/h5-17,19-20H,18H2,1-4H3,(H,33,34,35,36). The second-order valence-electron chi connectivity index (χ2n) is 10.3. The van der Waals surface area contributed by atoms with Gasteiger partial charge in [0.1, 0.15) is 12.1 Å². The molecule has 42 heavy (non-hydrogen) atoms. The van der Waals surface area contributed by atoms with Gasteiger partial charge in [-0.2, -0.15) is 5.21 Å². The molecule has 0 radical (unpaired) electrons. The van der Waals surface area contributed by atoms with Crippen LogP contribution in [0.25, 0.3) is 39.4 Å². The van der Waals surface area contributed by atoms with E-state index in [1.807, 2.05) is 97.3 Å². The molecular formula is C31H30N8O3. The lowest BCUT2D eigenvalue weighted by molar-refractivity contribution is 0.0536. The second-order valence-corrected chi connectivity index (χ2v) is 10.3. The van der Waals surface area contributed by atoms with E-state index in [1.54, 1.807) is 6.92 Å². The normalized spacial score (nSPS) is 12.3. The molecule has 0 aliphatic rings. The molecule has 0 spiro atoms. The number of rotatable bonds is 8. The summed E-state index contributed by atoms with van der Waals surface area (Å²) in [5, 5.41) is 14.5. The minimum absolute atomic E-state index is 0.00876. The van der Waals surface area contributed by atoms with Gasteiger partial charge in [0, 0.05) is 25.1 Å². The summed E-state index contributed by atoms with van der Waals surface area (Å²) in [4.78, 5) is 32.6. The van der Waals surface area contributed by atoms with Crippen LogP contribution >= 0.6 is 0 Å². The maximum absolute atomic E-state index is 14.0. The zero-order chi connectivity index (χ0) is 29.4.